The number of hydrogen-bond donors (Lipinski definition) is 2. The first kappa shape index (κ1) is 14.2. The zero-order chi connectivity index (χ0) is 13.8. The first-order chi connectivity index (χ1) is 9.15. The maximum absolute atomic E-state index is 12.4. The van der Waals surface area contributed by atoms with E-state index in [4.69, 9.17) is 5.84 Å². The molecule has 0 saturated carbocycles. The number of carbonyl (C=O) groups excluding carboxylic acids is 1. The fraction of sp³-hybridized carbons (Fsp3) is 0.500. The molecule has 5 heteroatoms. The minimum atomic E-state index is 0.131. The Labute approximate surface area is 118 Å². The third kappa shape index (κ3) is 3.22. The Hall–Kier alpha value is -1.20. The van der Waals surface area contributed by atoms with E-state index in [2.05, 4.69) is 11.7 Å². The second-order valence-corrected chi connectivity index (χ2v) is 6.04. The Morgan fingerprint density at radius 1 is 1.42 bits per heavy atom. The van der Waals surface area contributed by atoms with Gasteiger partial charge in [-0.15, -0.1) is 0 Å². The van der Waals surface area contributed by atoms with Crippen LogP contribution in [0.25, 0.3) is 0 Å². The number of carbonyl (C=O) groups is 1. The predicted octanol–water partition coefficient (Wildman–Crippen LogP) is 2.25. The zero-order valence-corrected chi connectivity index (χ0v) is 12.3. The van der Waals surface area contributed by atoms with Crippen LogP contribution < -0.4 is 11.3 Å². The SMILES string of the molecule is CSC1CCN(C(=O)c2ccc(NN)c(C)c2)CC1. The Bertz CT molecular complexity index is 456. The van der Waals surface area contributed by atoms with Gasteiger partial charge in [-0.25, -0.2) is 0 Å². The molecule has 3 N–H and O–H groups in total. The quantitative estimate of drug-likeness (QED) is 0.658. The molecule has 4 nitrogen and oxygen atoms in total. The van der Waals surface area contributed by atoms with Gasteiger partial charge in [-0.1, -0.05) is 0 Å². The molecule has 1 aromatic rings. The van der Waals surface area contributed by atoms with E-state index in [-0.39, 0.29) is 5.91 Å². The van der Waals surface area contributed by atoms with Gasteiger partial charge in [0.15, 0.2) is 0 Å². The monoisotopic (exact) mass is 279 g/mol. The van der Waals surface area contributed by atoms with Crippen molar-refractivity contribution in [2.75, 3.05) is 24.8 Å². The van der Waals surface area contributed by atoms with Crippen molar-refractivity contribution in [2.45, 2.75) is 25.0 Å². The average Bonchev–Trinajstić information content (AvgIpc) is 2.46. The molecule has 0 atom stereocenters. The van der Waals surface area contributed by atoms with E-state index in [1.165, 1.54) is 0 Å². The standard InChI is InChI=1S/C14H21N3OS/c1-10-9-11(3-4-13(10)16-15)14(18)17-7-5-12(19-2)6-8-17/h3-4,9,12,16H,5-8,15H2,1-2H3. The van der Waals surface area contributed by atoms with Gasteiger partial charge >= 0.3 is 0 Å². The van der Waals surface area contributed by atoms with E-state index in [1.54, 1.807) is 0 Å². The molecule has 1 saturated heterocycles. The van der Waals surface area contributed by atoms with Crippen molar-refractivity contribution in [1.82, 2.24) is 4.90 Å². The molecular formula is C14H21N3OS. The van der Waals surface area contributed by atoms with Gasteiger partial charge in [0.25, 0.3) is 5.91 Å². The van der Waals surface area contributed by atoms with Crippen LogP contribution in [-0.2, 0) is 0 Å². The molecule has 0 unspecified atom stereocenters. The van der Waals surface area contributed by atoms with Crippen molar-refractivity contribution in [3.05, 3.63) is 29.3 Å². The lowest BCUT2D eigenvalue weighted by molar-refractivity contribution is 0.0727. The molecule has 104 valence electrons. The van der Waals surface area contributed by atoms with Crippen molar-refractivity contribution in [3.8, 4) is 0 Å². The van der Waals surface area contributed by atoms with Gasteiger partial charge in [-0.2, -0.15) is 11.8 Å². The molecule has 19 heavy (non-hydrogen) atoms. The third-order valence-electron chi connectivity index (χ3n) is 3.69. The highest BCUT2D eigenvalue weighted by Crippen LogP contribution is 2.23. The number of aryl methyl sites for hydroxylation is 1. The molecule has 1 fully saturated rings. The van der Waals surface area contributed by atoms with Crippen LogP contribution in [0.15, 0.2) is 18.2 Å². The molecule has 0 aliphatic carbocycles. The first-order valence-corrected chi connectivity index (χ1v) is 7.84. The van der Waals surface area contributed by atoms with Crippen molar-refractivity contribution in [3.63, 3.8) is 0 Å². The highest BCUT2D eigenvalue weighted by molar-refractivity contribution is 7.99. The van der Waals surface area contributed by atoms with E-state index in [9.17, 15) is 4.79 Å². The number of hydrogen-bond acceptors (Lipinski definition) is 4. The summed E-state index contributed by atoms with van der Waals surface area (Å²) in [5.41, 5.74) is 5.23. The molecular weight excluding hydrogens is 258 g/mol. The van der Waals surface area contributed by atoms with Gasteiger partial charge in [-0.05, 0) is 49.8 Å². The summed E-state index contributed by atoms with van der Waals surface area (Å²) in [6, 6.07) is 5.60. The van der Waals surface area contributed by atoms with E-state index >= 15 is 0 Å². The lowest BCUT2D eigenvalue weighted by Gasteiger charge is -2.31. The maximum atomic E-state index is 12.4. The molecule has 0 spiro atoms. The summed E-state index contributed by atoms with van der Waals surface area (Å²) in [6.45, 7) is 3.67. The molecule has 1 aliphatic heterocycles. The van der Waals surface area contributed by atoms with Crippen LogP contribution >= 0.6 is 11.8 Å². The fourth-order valence-electron chi connectivity index (χ4n) is 2.44. The largest absolute Gasteiger partial charge is 0.339 e. The van der Waals surface area contributed by atoms with Crippen molar-refractivity contribution in [2.24, 2.45) is 5.84 Å². The first-order valence-electron chi connectivity index (χ1n) is 6.55. The van der Waals surface area contributed by atoms with Crippen LogP contribution in [0, 0.1) is 6.92 Å². The molecule has 0 bridgehead atoms. The van der Waals surface area contributed by atoms with E-state index in [0.717, 1.165) is 42.7 Å². The van der Waals surface area contributed by atoms with E-state index in [0.29, 0.717) is 5.25 Å². The smallest absolute Gasteiger partial charge is 0.253 e. The summed E-state index contributed by atoms with van der Waals surface area (Å²) in [5, 5.41) is 0.703. The second-order valence-electron chi connectivity index (χ2n) is 4.90. The number of anilines is 1. The molecule has 1 heterocycles. The van der Waals surface area contributed by atoms with Gasteiger partial charge in [0, 0.05) is 23.9 Å². The minimum absolute atomic E-state index is 0.131. The van der Waals surface area contributed by atoms with Crippen LogP contribution in [0.1, 0.15) is 28.8 Å². The van der Waals surface area contributed by atoms with Gasteiger partial charge in [-0.3, -0.25) is 10.6 Å². The lowest BCUT2D eigenvalue weighted by atomic mass is 10.1. The summed E-state index contributed by atoms with van der Waals surface area (Å²) in [6.07, 6.45) is 4.33. The Kier molecular flexibility index (Phi) is 4.71. The average molecular weight is 279 g/mol. The topological polar surface area (TPSA) is 58.4 Å². The van der Waals surface area contributed by atoms with E-state index in [1.807, 2.05) is 41.8 Å². The molecule has 1 amide bonds. The Balaban J connectivity index is 2.06. The highest BCUT2D eigenvalue weighted by Gasteiger charge is 2.23. The summed E-state index contributed by atoms with van der Waals surface area (Å²) in [7, 11) is 0. The summed E-state index contributed by atoms with van der Waals surface area (Å²) >= 11 is 1.90. The van der Waals surface area contributed by atoms with Crippen LogP contribution in [0.5, 0.6) is 0 Å². The number of amides is 1. The number of benzene rings is 1. The number of rotatable bonds is 3. The van der Waals surface area contributed by atoms with E-state index < -0.39 is 0 Å². The van der Waals surface area contributed by atoms with Crippen molar-refractivity contribution < 1.29 is 4.79 Å². The number of thioether (sulfide) groups is 1. The summed E-state index contributed by atoms with van der Waals surface area (Å²) in [4.78, 5) is 14.4. The summed E-state index contributed by atoms with van der Waals surface area (Å²) < 4.78 is 0. The van der Waals surface area contributed by atoms with Crippen molar-refractivity contribution in [1.29, 1.82) is 0 Å². The Morgan fingerprint density at radius 3 is 2.63 bits per heavy atom. The number of hydrazine groups is 1. The molecule has 2 rings (SSSR count). The van der Waals surface area contributed by atoms with Crippen molar-refractivity contribution >= 4 is 23.4 Å². The molecule has 1 aliphatic rings. The summed E-state index contributed by atoms with van der Waals surface area (Å²) in [5.74, 6) is 5.53. The number of nitrogens with two attached hydrogens (primary N) is 1. The predicted molar refractivity (Wildman–Crippen MR) is 81.4 cm³/mol. The van der Waals surface area contributed by atoms with Gasteiger partial charge in [0.05, 0.1) is 5.69 Å². The number of nitrogen functional groups attached to an aromatic ring is 1. The fourth-order valence-corrected chi connectivity index (χ4v) is 3.12. The van der Waals surface area contributed by atoms with Crippen LogP contribution in [0.2, 0.25) is 0 Å². The molecule has 1 aromatic carbocycles. The maximum Gasteiger partial charge on any atom is 0.253 e. The number of nitrogens with one attached hydrogen (secondary N) is 1. The second kappa shape index (κ2) is 6.30. The van der Waals surface area contributed by atoms with Gasteiger partial charge in [0.1, 0.15) is 0 Å². The Morgan fingerprint density at radius 2 is 2.11 bits per heavy atom. The minimum Gasteiger partial charge on any atom is -0.339 e. The van der Waals surface area contributed by atoms with Gasteiger partial charge < -0.3 is 10.3 Å². The normalized spacial score (nSPS) is 16.5. The number of likely N-dealkylation sites (tertiary alicyclic amines) is 1. The lowest BCUT2D eigenvalue weighted by Crippen LogP contribution is -2.39. The highest BCUT2D eigenvalue weighted by atomic mass is 32.2. The van der Waals surface area contributed by atoms with Crippen LogP contribution in [0.3, 0.4) is 0 Å². The molecule has 0 aromatic heterocycles. The number of nitrogens with zero attached hydrogens (tertiary/aromatic N) is 1. The zero-order valence-electron chi connectivity index (χ0n) is 11.5. The van der Waals surface area contributed by atoms with Gasteiger partial charge in [0.2, 0.25) is 0 Å². The van der Waals surface area contributed by atoms with Crippen LogP contribution in [-0.4, -0.2) is 35.4 Å². The molecule has 0 radical (unpaired) electrons. The third-order valence-corrected chi connectivity index (χ3v) is 4.83. The number of piperidine rings is 1. The van der Waals surface area contributed by atoms with Crippen LogP contribution in [0.4, 0.5) is 5.69 Å².